The molecule has 0 unspecified atom stereocenters. The molecule has 0 N–H and O–H groups in total. The number of aliphatic imine (C=N–C) groups is 2. The van der Waals surface area contributed by atoms with Gasteiger partial charge in [0, 0.05) is 37.9 Å². The van der Waals surface area contributed by atoms with Gasteiger partial charge < -0.3 is 30.3 Å². The second-order valence-electron chi connectivity index (χ2n) is 25.8. The molecule has 0 saturated heterocycles. The molecule has 0 saturated carbocycles. The van der Waals surface area contributed by atoms with Crippen LogP contribution in [0.25, 0.3) is 10.6 Å². The van der Waals surface area contributed by atoms with Crippen molar-refractivity contribution in [2.45, 2.75) is 239 Å². The Hall–Kier alpha value is -3.06. The van der Waals surface area contributed by atoms with Crippen molar-refractivity contribution in [1.82, 2.24) is 0 Å². The Kier molecular flexibility index (Phi) is 35.5. The van der Waals surface area contributed by atoms with Crippen LogP contribution in [0.4, 0.5) is 22.7 Å². The normalized spacial score (nSPS) is 12.7. The minimum absolute atomic E-state index is 0. The molecular weight excluding hydrogens is 1140 g/mol. The third kappa shape index (κ3) is 26.2. The Morgan fingerprint density at radius 2 is 0.713 bits per heavy atom. The van der Waals surface area contributed by atoms with Crippen LogP contribution in [-0.4, -0.2) is 37.9 Å². The largest absolute Gasteiger partial charge is 3.00 e. The molecule has 8 nitrogen and oxygen atoms in total. The summed E-state index contributed by atoms with van der Waals surface area (Å²) >= 11 is 0. The van der Waals surface area contributed by atoms with Gasteiger partial charge in [0.15, 0.2) is 0 Å². The first-order valence-electron chi connectivity index (χ1n) is 28.9. The van der Waals surface area contributed by atoms with Gasteiger partial charge >= 0.3 is 65.8 Å². The summed E-state index contributed by atoms with van der Waals surface area (Å²) < 4.78 is 9.67. The van der Waals surface area contributed by atoms with Gasteiger partial charge in [-0.05, 0) is 121 Å². The molecule has 0 aliphatic rings. The molecular formula is C70H108LiN4O4Yb. The SMILES string of the molecule is CC(/C=C(/C)[N-]c1c(C(C)C)cccc1C(C)C)=Nc1cc(C(C)(C)C)cc(C(C)(C)C)c1[O-].CC(/C=C(/C)[N-]c1c(C(C)C)cccc1C(C)C)=Nc1cc(C(C)(C)C)cc(C(C)(C)C)c1[O-].CCOCC.CCOCC.[Li+].[Yb+3]. The summed E-state index contributed by atoms with van der Waals surface area (Å²) in [6.07, 6.45) is 3.95. The molecule has 447 valence electrons. The fraction of sp³-hybridized carbons (Fsp3) is 0.571. The third-order valence-electron chi connectivity index (χ3n) is 13.0. The van der Waals surface area contributed by atoms with Gasteiger partial charge in [-0.1, -0.05) is 247 Å². The quantitative estimate of drug-likeness (QED) is 0.0820. The molecule has 4 aromatic carbocycles. The molecule has 4 aromatic rings. The van der Waals surface area contributed by atoms with Crippen LogP contribution in [0.1, 0.15) is 262 Å². The van der Waals surface area contributed by atoms with E-state index in [1.54, 1.807) is 0 Å². The summed E-state index contributed by atoms with van der Waals surface area (Å²) in [6.45, 7) is 62.3. The number of rotatable bonds is 16. The number of para-hydroxylation sites is 2. The summed E-state index contributed by atoms with van der Waals surface area (Å²) in [5, 5.41) is 36.6. The maximum absolute atomic E-state index is 13.3. The van der Waals surface area contributed by atoms with E-state index in [2.05, 4.69) is 187 Å². The zero-order valence-electron chi connectivity index (χ0n) is 55.8. The predicted molar refractivity (Wildman–Crippen MR) is 339 cm³/mol. The molecule has 0 atom stereocenters. The predicted octanol–water partition coefficient (Wildman–Crippen LogP) is 17.7. The minimum Gasteiger partial charge on any atom is -0.871 e. The van der Waals surface area contributed by atoms with E-state index in [1.165, 1.54) is 22.3 Å². The van der Waals surface area contributed by atoms with Crippen LogP contribution < -0.4 is 29.1 Å². The molecule has 0 bridgehead atoms. The monoisotopic (exact) mass is 1250 g/mol. The standard InChI is InChI=1S/2C31H45N2O.2C4H10O.Li.Yb/c2*1-19(2)24-14-13-15-25(20(3)4)28(24)33-22(6)16-21(5)32-27-18-23(30(7,8)9)17-26(29(27)34)31(10,11)12;2*1-3-5-4-2;;/h2*13-20H,1-12H3,(H-,32,33,34);2*3-4H2,1-2H3;;/q2*-1;;;+1;+3/p-2. The van der Waals surface area contributed by atoms with E-state index in [0.29, 0.717) is 35.0 Å². The molecule has 0 fully saturated rings. The minimum atomic E-state index is -0.245. The molecule has 1 radical (unpaired) electrons. The number of nitrogens with zero attached hydrogens (tertiary/aromatic N) is 4. The van der Waals surface area contributed by atoms with Gasteiger partial charge in [0.2, 0.25) is 0 Å². The van der Waals surface area contributed by atoms with Gasteiger partial charge in [0.25, 0.3) is 0 Å². The number of benzene rings is 4. The molecule has 0 spiro atoms. The first kappa shape index (κ1) is 79.0. The molecule has 0 aliphatic heterocycles. The summed E-state index contributed by atoms with van der Waals surface area (Å²) in [5.41, 5.74) is 14.7. The second-order valence-corrected chi connectivity index (χ2v) is 25.8. The van der Waals surface area contributed by atoms with E-state index in [-0.39, 0.29) is 98.9 Å². The Labute approximate surface area is 541 Å². The first-order valence-corrected chi connectivity index (χ1v) is 28.9. The number of allylic oxidation sites excluding steroid dienone is 4. The van der Waals surface area contributed by atoms with Gasteiger partial charge in [-0.15, -0.1) is 11.4 Å². The number of ether oxygens (including phenoxy) is 2. The smallest absolute Gasteiger partial charge is 0.871 e. The third-order valence-corrected chi connectivity index (χ3v) is 13.0. The van der Waals surface area contributed by atoms with Gasteiger partial charge in [-0.25, -0.2) is 0 Å². The van der Waals surface area contributed by atoms with Gasteiger partial charge in [-0.3, -0.25) is 9.98 Å². The summed E-state index contributed by atoms with van der Waals surface area (Å²) in [7, 11) is 0. The van der Waals surface area contributed by atoms with Crippen LogP contribution in [0.15, 0.2) is 94.2 Å². The summed E-state index contributed by atoms with van der Waals surface area (Å²) in [6, 6.07) is 20.9. The van der Waals surface area contributed by atoms with E-state index in [0.717, 1.165) is 82.9 Å². The first-order chi connectivity index (χ1) is 35.9. The zero-order valence-corrected chi connectivity index (χ0v) is 57.5. The Balaban J connectivity index is 0. The van der Waals surface area contributed by atoms with Crippen LogP contribution in [-0.2, 0) is 31.1 Å². The van der Waals surface area contributed by atoms with E-state index < -0.39 is 0 Å². The molecule has 0 heterocycles. The van der Waals surface area contributed by atoms with Crippen LogP contribution in [0.3, 0.4) is 0 Å². The Morgan fingerprint density at radius 1 is 0.463 bits per heavy atom. The van der Waals surface area contributed by atoms with Crippen molar-refractivity contribution < 1.29 is 85.5 Å². The summed E-state index contributed by atoms with van der Waals surface area (Å²) in [4.78, 5) is 9.54. The van der Waals surface area contributed by atoms with Gasteiger partial charge in [0.05, 0.1) is 11.4 Å². The Morgan fingerprint density at radius 3 is 0.900 bits per heavy atom. The van der Waals surface area contributed by atoms with Crippen molar-refractivity contribution in [3.05, 3.63) is 139 Å². The fourth-order valence-electron chi connectivity index (χ4n) is 8.53. The van der Waals surface area contributed by atoms with E-state index in [4.69, 9.17) is 30.1 Å². The molecule has 80 heavy (non-hydrogen) atoms. The molecule has 10 heteroatoms. The van der Waals surface area contributed by atoms with Crippen LogP contribution in [0.5, 0.6) is 11.5 Å². The molecule has 0 aliphatic carbocycles. The van der Waals surface area contributed by atoms with E-state index in [1.807, 2.05) is 79.7 Å². The van der Waals surface area contributed by atoms with Crippen molar-refractivity contribution in [3.63, 3.8) is 0 Å². The zero-order chi connectivity index (χ0) is 60.3. The van der Waals surface area contributed by atoms with Crippen molar-refractivity contribution in [1.29, 1.82) is 0 Å². The van der Waals surface area contributed by atoms with E-state index in [9.17, 15) is 10.2 Å². The topological polar surface area (TPSA) is 118 Å². The van der Waals surface area contributed by atoms with Crippen LogP contribution in [0, 0.1) is 46.9 Å². The number of hydrogen-bond acceptors (Lipinski definition) is 6. The van der Waals surface area contributed by atoms with Crippen molar-refractivity contribution in [2.24, 2.45) is 9.98 Å². The average Bonchev–Trinajstić information content (AvgIpc) is 3.29. The number of hydrogen-bond donors (Lipinski definition) is 0. The van der Waals surface area contributed by atoms with Crippen molar-refractivity contribution in [2.75, 3.05) is 26.4 Å². The van der Waals surface area contributed by atoms with Gasteiger partial charge in [-0.2, -0.15) is 11.4 Å². The maximum Gasteiger partial charge on any atom is 3.00 e. The van der Waals surface area contributed by atoms with Crippen molar-refractivity contribution in [3.8, 4) is 11.5 Å². The summed E-state index contributed by atoms with van der Waals surface area (Å²) in [5.74, 6) is 1.57. The molecule has 4 rings (SSSR count). The maximum atomic E-state index is 13.3. The van der Waals surface area contributed by atoms with Crippen molar-refractivity contribution >= 4 is 34.2 Å². The molecule has 0 aromatic heterocycles. The average molecular weight is 1250 g/mol. The van der Waals surface area contributed by atoms with E-state index >= 15 is 0 Å². The molecule has 0 amide bonds. The van der Waals surface area contributed by atoms with Crippen LogP contribution >= 0.6 is 0 Å². The van der Waals surface area contributed by atoms with Gasteiger partial charge in [0.1, 0.15) is 0 Å². The fourth-order valence-corrected chi connectivity index (χ4v) is 8.53. The van der Waals surface area contributed by atoms with Crippen LogP contribution in [0.2, 0.25) is 0 Å². The Bertz CT molecular complexity index is 2390. The second kappa shape index (κ2) is 35.9.